The van der Waals surface area contributed by atoms with Gasteiger partial charge < -0.3 is 4.74 Å². The van der Waals surface area contributed by atoms with Gasteiger partial charge in [0.25, 0.3) is 0 Å². The van der Waals surface area contributed by atoms with Gasteiger partial charge in [0.2, 0.25) is 0 Å². The molecule has 0 spiro atoms. The number of hydrogen-bond acceptors (Lipinski definition) is 4. The summed E-state index contributed by atoms with van der Waals surface area (Å²) in [5.74, 6) is 1.14. The first-order valence-corrected chi connectivity index (χ1v) is 11.8. The molecule has 0 aliphatic carbocycles. The SMILES string of the molecule is CCC(=O)Oc1ccc(SCCc2cccc3cn(-c4ccc(C(F)(F)F)cc4)nc23)cc1C. The number of rotatable bonds is 7. The number of aromatic nitrogens is 2. The Balaban J connectivity index is 1.45. The molecule has 0 saturated carbocycles. The quantitative estimate of drug-likeness (QED) is 0.161. The maximum atomic E-state index is 12.8. The summed E-state index contributed by atoms with van der Waals surface area (Å²) in [6, 6.07) is 16.7. The fourth-order valence-electron chi connectivity index (χ4n) is 3.54. The first kappa shape index (κ1) is 23.9. The van der Waals surface area contributed by atoms with Crippen LogP contribution in [0.5, 0.6) is 5.75 Å². The van der Waals surface area contributed by atoms with Crippen molar-refractivity contribution in [2.75, 3.05) is 5.75 Å². The summed E-state index contributed by atoms with van der Waals surface area (Å²) >= 11 is 1.70. The van der Waals surface area contributed by atoms with Crippen molar-refractivity contribution in [3.05, 3.63) is 83.6 Å². The zero-order valence-electron chi connectivity index (χ0n) is 18.7. The van der Waals surface area contributed by atoms with E-state index < -0.39 is 11.7 Å². The predicted octanol–water partition coefficient (Wildman–Crippen LogP) is 7.00. The van der Waals surface area contributed by atoms with E-state index in [-0.39, 0.29) is 5.97 Å². The Labute approximate surface area is 199 Å². The van der Waals surface area contributed by atoms with Crippen molar-refractivity contribution in [3.63, 3.8) is 0 Å². The van der Waals surface area contributed by atoms with Crippen molar-refractivity contribution >= 4 is 28.6 Å². The highest BCUT2D eigenvalue weighted by atomic mass is 32.2. The van der Waals surface area contributed by atoms with Crippen LogP contribution in [0.15, 0.2) is 71.8 Å². The zero-order valence-corrected chi connectivity index (χ0v) is 19.5. The minimum Gasteiger partial charge on any atom is -0.426 e. The zero-order chi connectivity index (χ0) is 24.3. The van der Waals surface area contributed by atoms with Gasteiger partial charge in [-0.3, -0.25) is 4.79 Å². The first-order chi connectivity index (χ1) is 16.2. The lowest BCUT2D eigenvalue weighted by Crippen LogP contribution is -2.06. The summed E-state index contributed by atoms with van der Waals surface area (Å²) in [6.07, 6.45) is -1.43. The van der Waals surface area contributed by atoms with Crippen molar-refractivity contribution in [1.82, 2.24) is 9.78 Å². The Bertz CT molecular complexity index is 1310. The monoisotopic (exact) mass is 484 g/mol. The topological polar surface area (TPSA) is 44.1 Å². The molecule has 1 heterocycles. The third-order valence-electron chi connectivity index (χ3n) is 5.38. The van der Waals surface area contributed by atoms with Crippen LogP contribution < -0.4 is 4.74 Å². The van der Waals surface area contributed by atoms with Crippen LogP contribution in [0.3, 0.4) is 0 Å². The van der Waals surface area contributed by atoms with Crippen molar-refractivity contribution in [3.8, 4) is 11.4 Å². The molecule has 1 aromatic heterocycles. The third-order valence-corrected chi connectivity index (χ3v) is 6.37. The minimum absolute atomic E-state index is 0.257. The van der Waals surface area contributed by atoms with Crippen LogP contribution in [0.2, 0.25) is 0 Å². The second kappa shape index (κ2) is 9.93. The lowest BCUT2D eigenvalue weighted by molar-refractivity contribution is -0.137. The fourth-order valence-corrected chi connectivity index (χ4v) is 4.52. The van der Waals surface area contributed by atoms with Crippen molar-refractivity contribution in [2.45, 2.75) is 37.8 Å². The van der Waals surface area contributed by atoms with Crippen LogP contribution >= 0.6 is 11.8 Å². The molecular formula is C26H23F3N2O2S. The lowest BCUT2D eigenvalue weighted by Gasteiger charge is -2.09. The molecule has 4 nitrogen and oxygen atoms in total. The number of ether oxygens (including phenoxy) is 1. The van der Waals surface area contributed by atoms with Gasteiger partial charge >= 0.3 is 12.1 Å². The second-order valence-corrected chi connectivity index (χ2v) is 8.99. The number of nitrogens with zero attached hydrogens (tertiary/aromatic N) is 2. The highest BCUT2D eigenvalue weighted by molar-refractivity contribution is 7.99. The van der Waals surface area contributed by atoms with Gasteiger partial charge in [-0.05, 0) is 66.9 Å². The molecule has 176 valence electrons. The molecule has 34 heavy (non-hydrogen) atoms. The number of aryl methyl sites for hydroxylation is 2. The molecule has 0 atom stereocenters. The van der Waals surface area contributed by atoms with Gasteiger partial charge in [-0.2, -0.15) is 18.3 Å². The number of alkyl halides is 3. The third kappa shape index (κ3) is 5.44. The Morgan fingerprint density at radius 3 is 2.53 bits per heavy atom. The van der Waals surface area contributed by atoms with Crippen LogP contribution in [0, 0.1) is 6.92 Å². The van der Waals surface area contributed by atoms with Crippen LogP contribution in [0.25, 0.3) is 16.6 Å². The number of esters is 1. The maximum absolute atomic E-state index is 12.8. The molecule has 0 aliphatic heterocycles. The Morgan fingerprint density at radius 1 is 1.09 bits per heavy atom. The van der Waals surface area contributed by atoms with Gasteiger partial charge in [-0.1, -0.05) is 25.1 Å². The molecule has 0 amide bonds. The number of thioether (sulfide) groups is 1. The summed E-state index contributed by atoms with van der Waals surface area (Å²) < 4.78 is 45.5. The predicted molar refractivity (Wildman–Crippen MR) is 128 cm³/mol. The Morgan fingerprint density at radius 2 is 1.85 bits per heavy atom. The normalized spacial score (nSPS) is 11.7. The number of benzene rings is 3. The van der Waals surface area contributed by atoms with E-state index in [1.54, 1.807) is 23.4 Å². The maximum Gasteiger partial charge on any atom is 0.416 e. The molecule has 4 aromatic rings. The summed E-state index contributed by atoms with van der Waals surface area (Å²) in [6.45, 7) is 3.67. The van der Waals surface area contributed by atoms with Gasteiger partial charge in [0.15, 0.2) is 0 Å². The van der Waals surface area contributed by atoms with E-state index >= 15 is 0 Å². The Hall–Kier alpha value is -3.26. The molecule has 0 fully saturated rings. The van der Waals surface area contributed by atoms with E-state index in [1.807, 2.05) is 49.5 Å². The molecule has 0 N–H and O–H groups in total. The second-order valence-electron chi connectivity index (χ2n) is 7.83. The van der Waals surface area contributed by atoms with Crippen molar-refractivity contribution < 1.29 is 22.7 Å². The van der Waals surface area contributed by atoms with Crippen LogP contribution in [-0.2, 0) is 17.4 Å². The number of carbonyl (C=O) groups is 1. The summed E-state index contributed by atoms with van der Waals surface area (Å²) in [5.41, 5.74) is 2.70. The molecule has 8 heteroatoms. The molecule has 0 saturated heterocycles. The fraction of sp³-hybridized carbons (Fsp3) is 0.231. The summed E-state index contributed by atoms with van der Waals surface area (Å²) in [4.78, 5) is 12.6. The molecule has 0 aliphatic rings. The lowest BCUT2D eigenvalue weighted by atomic mass is 10.1. The smallest absolute Gasteiger partial charge is 0.416 e. The van der Waals surface area contributed by atoms with E-state index in [1.165, 1.54) is 12.1 Å². The van der Waals surface area contributed by atoms with Crippen molar-refractivity contribution in [1.29, 1.82) is 0 Å². The van der Waals surface area contributed by atoms with E-state index in [0.717, 1.165) is 51.2 Å². The average Bonchev–Trinajstić information content (AvgIpc) is 3.25. The molecule has 0 radical (unpaired) electrons. The highest BCUT2D eigenvalue weighted by Crippen LogP contribution is 2.30. The van der Waals surface area contributed by atoms with Gasteiger partial charge in [-0.25, -0.2) is 4.68 Å². The molecule has 3 aromatic carbocycles. The molecule has 0 bridgehead atoms. The number of halogens is 3. The van der Waals surface area contributed by atoms with E-state index in [2.05, 4.69) is 5.10 Å². The first-order valence-electron chi connectivity index (χ1n) is 10.8. The molecule has 4 rings (SSSR count). The van der Waals surface area contributed by atoms with Gasteiger partial charge in [-0.15, -0.1) is 11.8 Å². The summed E-state index contributed by atoms with van der Waals surface area (Å²) in [7, 11) is 0. The molecule has 0 unspecified atom stereocenters. The van der Waals surface area contributed by atoms with Crippen LogP contribution in [0.1, 0.15) is 30.0 Å². The van der Waals surface area contributed by atoms with Crippen LogP contribution in [0.4, 0.5) is 13.2 Å². The minimum atomic E-state index is -4.36. The summed E-state index contributed by atoms with van der Waals surface area (Å²) in [5, 5.41) is 5.57. The standard InChI is InChI=1S/C26H23F3N2O2S/c1-3-24(32)33-23-12-11-22(15-17(23)2)34-14-13-18-5-4-6-19-16-31(30-25(18)19)21-9-7-20(8-10-21)26(27,28)29/h4-12,15-16H,3,13-14H2,1-2H3. The van der Waals surface area contributed by atoms with Gasteiger partial charge in [0, 0.05) is 28.7 Å². The van der Waals surface area contributed by atoms with E-state index in [4.69, 9.17) is 4.74 Å². The average molecular weight is 485 g/mol. The highest BCUT2D eigenvalue weighted by Gasteiger charge is 2.30. The van der Waals surface area contributed by atoms with Crippen LogP contribution in [-0.4, -0.2) is 21.5 Å². The largest absolute Gasteiger partial charge is 0.426 e. The van der Waals surface area contributed by atoms with Crippen molar-refractivity contribution in [2.24, 2.45) is 0 Å². The number of carbonyl (C=O) groups excluding carboxylic acids is 1. The Kier molecular flexibility index (Phi) is 6.97. The number of hydrogen-bond donors (Lipinski definition) is 0. The van der Waals surface area contributed by atoms with E-state index in [9.17, 15) is 18.0 Å². The van der Waals surface area contributed by atoms with Gasteiger partial charge in [0.1, 0.15) is 5.75 Å². The van der Waals surface area contributed by atoms with E-state index in [0.29, 0.717) is 17.9 Å². The molecular weight excluding hydrogens is 461 g/mol. The number of fused-ring (bicyclic) bond motifs is 1. The van der Waals surface area contributed by atoms with Gasteiger partial charge in [0.05, 0.1) is 16.8 Å².